The molecule has 0 saturated heterocycles. The molecular weight excluding hydrogens is 170 g/mol. The third-order valence-corrected chi connectivity index (χ3v) is 2.53. The molecule has 78 valence electrons. The Balaban J connectivity index is 4.44. The highest BCUT2D eigenvalue weighted by molar-refractivity contribution is 5.74. The molecule has 0 spiro atoms. The molecule has 0 aromatic heterocycles. The average Bonchev–Trinajstić information content (AvgIpc) is 2.03. The predicted octanol–water partition coefficient (Wildman–Crippen LogP) is 0.849. The fourth-order valence-electron chi connectivity index (χ4n) is 1.04. The maximum Gasteiger partial charge on any atom is 0.321 e. The Kier molecular flexibility index (Phi) is 4.36. The van der Waals surface area contributed by atoms with Crippen LogP contribution in [0, 0.1) is 5.41 Å². The van der Waals surface area contributed by atoms with Crippen LogP contribution >= 0.6 is 0 Å². The van der Waals surface area contributed by atoms with Gasteiger partial charge in [0.05, 0.1) is 6.10 Å². The molecule has 13 heavy (non-hydrogen) atoms. The zero-order valence-corrected chi connectivity index (χ0v) is 8.70. The van der Waals surface area contributed by atoms with Crippen molar-refractivity contribution in [3.8, 4) is 0 Å². The third-order valence-electron chi connectivity index (χ3n) is 2.53. The van der Waals surface area contributed by atoms with Crippen molar-refractivity contribution in [3.63, 3.8) is 0 Å². The van der Waals surface area contributed by atoms with Crippen LogP contribution in [0.4, 0.5) is 0 Å². The van der Waals surface area contributed by atoms with Gasteiger partial charge in [-0.3, -0.25) is 4.79 Å². The number of carbonyl (C=O) groups is 1. The van der Waals surface area contributed by atoms with Crippen molar-refractivity contribution in [1.82, 2.24) is 0 Å². The number of carboxylic acid groups (broad SMARTS) is 1. The first kappa shape index (κ1) is 12.4. The Bertz CT molecular complexity index is 180. The van der Waals surface area contributed by atoms with Gasteiger partial charge in [0.2, 0.25) is 0 Å². The molecule has 2 unspecified atom stereocenters. The smallest absolute Gasteiger partial charge is 0.321 e. The van der Waals surface area contributed by atoms with Gasteiger partial charge in [-0.05, 0) is 13.8 Å². The Morgan fingerprint density at radius 3 is 2.38 bits per heavy atom. The highest BCUT2D eigenvalue weighted by Crippen LogP contribution is 2.26. The summed E-state index contributed by atoms with van der Waals surface area (Å²) < 4.78 is 5.33. The van der Waals surface area contributed by atoms with Gasteiger partial charge in [-0.25, -0.2) is 0 Å². The molecule has 3 N–H and O–H groups in total. The van der Waals surface area contributed by atoms with Gasteiger partial charge in [-0.2, -0.15) is 0 Å². The van der Waals surface area contributed by atoms with Crippen LogP contribution in [0.5, 0.6) is 0 Å². The molecule has 0 rings (SSSR count). The lowest BCUT2D eigenvalue weighted by Gasteiger charge is -2.34. The van der Waals surface area contributed by atoms with Gasteiger partial charge >= 0.3 is 5.97 Å². The third kappa shape index (κ3) is 2.97. The first-order valence-electron chi connectivity index (χ1n) is 4.44. The molecule has 0 fully saturated rings. The van der Waals surface area contributed by atoms with Crippen LogP contribution in [0.15, 0.2) is 0 Å². The molecule has 4 heteroatoms. The van der Waals surface area contributed by atoms with E-state index in [0.29, 0.717) is 6.61 Å². The van der Waals surface area contributed by atoms with E-state index in [1.807, 2.05) is 13.8 Å². The van der Waals surface area contributed by atoms with Crippen LogP contribution in [-0.2, 0) is 9.53 Å². The van der Waals surface area contributed by atoms with E-state index in [9.17, 15) is 4.79 Å². The number of aliphatic carboxylic acids is 1. The molecule has 0 heterocycles. The van der Waals surface area contributed by atoms with E-state index in [-0.39, 0.29) is 6.10 Å². The van der Waals surface area contributed by atoms with Crippen molar-refractivity contribution in [1.29, 1.82) is 0 Å². The summed E-state index contributed by atoms with van der Waals surface area (Å²) in [7, 11) is 0. The number of nitrogens with two attached hydrogens (primary N) is 1. The summed E-state index contributed by atoms with van der Waals surface area (Å²) in [6, 6.07) is -0.894. The minimum atomic E-state index is -0.989. The number of rotatable bonds is 5. The molecule has 0 aliphatic rings. The van der Waals surface area contributed by atoms with Crippen LogP contribution in [-0.4, -0.2) is 29.8 Å². The number of ether oxygens (including phenoxy) is 1. The van der Waals surface area contributed by atoms with Crippen molar-refractivity contribution < 1.29 is 14.6 Å². The molecular formula is C9H19NO3. The first-order chi connectivity index (χ1) is 5.84. The molecule has 0 aromatic carbocycles. The predicted molar refractivity (Wildman–Crippen MR) is 50.5 cm³/mol. The molecule has 2 atom stereocenters. The van der Waals surface area contributed by atoms with E-state index in [4.69, 9.17) is 15.6 Å². The fraction of sp³-hybridized carbons (Fsp3) is 0.889. The van der Waals surface area contributed by atoms with Crippen molar-refractivity contribution in [2.45, 2.75) is 39.8 Å². The van der Waals surface area contributed by atoms with E-state index in [2.05, 4.69) is 0 Å². The zero-order chi connectivity index (χ0) is 10.6. The molecule has 0 bridgehead atoms. The SMILES string of the molecule is CCOC(C)C(C)(C)C(N)C(=O)O. The van der Waals surface area contributed by atoms with E-state index < -0.39 is 17.4 Å². The Morgan fingerprint density at radius 2 is 2.08 bits per heavy atom. The summed E-state index contributed by atoms with van der Waals surface area (Å²) in [6.45, 7) is 7.88. The second-order valence-corrected chi connectivity index (χ2v) is 3.73. The Labute approximate surface area is 79.1 Å². The van der Waals surface area contributed by atoms with Gasteiger partial charge in [0.1, 0.15) is 6.04 Å². The molecule has 4 nitrogen and oxygen atoms in total. The fourth-order valence-corrected chi connectivity index (χ4v) is 1.04. The normalized spacial score (nSPS) is 16.7. The summed E-state index contributed by atoms with van der Waals surface area (Å²) in [5, 5.41) is 8.75. The quantitative estimate of drug-likeness (QED) is 0.672. The minimum Gasteiger partial charge on any atom is -0.480 e. The van der Waals surface area contributed by atoms with Gasteiger partial charge in [-0.15, -0.1) is 0 Å². The standard InChI is InChI=1S/C9H19NO3/c1-5-13-6(2)9(3,4)7(10)8(11)12/h6-7H,5,10H2,1-4H3,(H,11,12). The van der Waals surface area contributed by atoms with E-state index >= 15 is 0 Å². The summed E-state index contributed by atoms with van der Waals surface area (Å²) >= 11 is 0. The number of carboxylic acids is 1. The van der Waals surface area contributed by atoms with Crippen molar-refractivity contribution >= 4 is 5.97 Å². The average molecular weight is 189 g/mol. The molecule has 0 radical (unpaired) electrons. The number of hydrogen-bond donors (Lipinski definition) is 2. The first-order valence-corrected chi connectivity index (χ1v) is 4.44. The van der Waals surface area contributed by atoms with Crippen LogP contribution in [0.25, 0.3) is 0 Å². The Hall–Kier alpha value is -0.610. The maximum absolute atomic E-state index is 10.7. The summed E-state index contributed by atoms with van der Waals surface area (Å²) in [6.07, 6.45) is -0.163. The maximum atomic E-state index is 10.7. The molecule has 0 aliphatic heterocycles. The largest absolute Gasteiger partial charge is 0.480 e. The monoisotopic (exact) mass is 189 g/mol. The minimum absolute atomic E-state index is 0.163. The second-order valence-electron chi connectivity index (χ2n) is 3.73. The topological polar surface area (TPSA) is 72.5 Å². The van der Waals surface area contributed by atoms with Crippen LogP contribution < -0.4 is 5.73 Å². The van der Waals surface area contributed by atoms with Crippen molar-refractivity contribution in [2.24, 2.45) is 11.1 Å². The lowest BCUT2D eigenvalue weighted by molar-refractivity contribution is -0.144. The van der Waals surface area contributed by atoms with Gasteiger partial charge in [0.15, 0.2) is 0 Å². The van der Waals surface area contributed by atoms with E-state index in [1.165, 1.54) is 0 Å². The van der Waals surface area contributed by atoms with E-state index in [1.54, 1.807) is 13.8 Å². The Morgan fingerprint density at radius 1 is 1.62 bits per heavy atom. The highest BCUT2D eigenvalue weighted by atomic mass is 16.5. The second kappa shape index (κ2) is 4.58. The highest BCUT2D eigenvalue weighted by Gasteiger charge is 2.37. The van der Waals surface area contributed by atoms with Gasteiger partial charge in [0, 0.05) is 12.0 Å². The summed E-state index contributed by atoms with van der Waals surface area (Å²) in [5.41, 5.74) is 4.99. The van der Waals surface area contributed by atoms with Crippen LogP contribution in [0.3, 0.4) is 0 Å². The van der Waals surface area contributed by atoms with Gasteiger partial charge < -0.3 is 15.6 Å². The van der Waals surface area contributed by atoms with Gasteiger partial charge in [0.25, 0.3) is 0 Å². The van der Waals surface area contributed by atoms with Crippen molar-refractivity contribution in [3.05, 3.63) is 0 Å². The zero-order valence-electron chi connectivity index (χ0n) is 8.70. The van der Waals surface area contributed by atoms with Crippen LogP contribution in [0.1, 0.15) is 27.7 Å². The van der Waals surface area contributed by atoms with Crippen molar-refractivity contribution in [2.75, 3.05) is 6.61 Å². The molecule has 0 amide bonds. The van der Waals surface area contributed by atoms with Crippen LogP contribution in [0.2, 0.25) is 0 Å². The lowest BCUT2D eigenvalue weighted by Crippen LogP contribution is -2.50. The number of hydrogen-bond acceptors (Lipinski definition) is 3. The van der Waals surface area contributed by atoms with Gasteiger partial charge in [-0.1, -0.05) is 13.8 Å². The lowest BCUT2D eigenvalue weighted by atomic mass is 9.80. The molecule has 0 saturated carbocycles. The summed E-state index contributed by atoms with van der Waals surface area (Å²) in [4.78, 5) is 10.7. The summed E-state index contributed by atoms with van der Waals surface area (Å²) in [5.74, 6) is -0.989. The van der Waals surface area contributed by atoms with E-state index in [0.717, 1.165) is 0 Å². The molecule has 0 aliphatic carbocycles. The molecule has 0 aromatic rings.